The SMILES string of the molecule is CNCCN(NC)C(=O)C(CC(=O)CC(C)C)N(C)C(=O)CCCCSC. The summed E-state index contributed by atoms with van der Waals surface area (Å²) in [4.78, 5) is 39.4. The van der Waals surface area contributed by atoms with Crippen LogP contribution in [-0.2, 0) is 14.4 Å². The molecule has 0 aromatic heterocycles. The fourth-order valence-corrected chi connectivity index (χ4v) is 3.25. The molecule has 0 heterocycles. The van der Waals surface area contributed by atoms with E-state index in [0.29, 0.717) is 25.9 Å². The summed E-state index contributed by atoms with van der Waals surface area (Å²) < 4.78 is 0. The number of nitrogens with one attached hydrogen (secondary N) is 2. The molecular weight excluding hydrogens is 364 g/mol. The molecule has 0 spiro atoms. The molecule has 7 nitrogen and oxygen atoms in total. The van der Waals surface area contributed by atoms with E-state index in [1.54, 1.807) is 25.9 Å². The van der Waals surface area contributed by atoms with Gasteiger partial charge in [0.2, 0.25) is 5.91 Å². The molecule has 1 atom stereocenters. The predicted molar refractivity (Wildman–Crippen MR) is 113 cm³/mol. The van der Waals surface area contributed by atoms with Gasteiger partial charge in [0.15, 0.2) is 0 Å². The van der Waals surface area contributed by atoms with Crippen LogP contribution in [0.3, 0.4) is 0 Å². The highest BCUT2D eigenvalue weighted by molar-refractivity contribution is 7.98. The van der Waals surface area contributed by atoms with Gasteiger partial charge in [-0.05, 0) is 37.8 Å². The first-order valence-electron chi connectivity index (χ1n) is 9.68. The number of likely N-dealkylation sites (N-methyl/N-ethyl adjacent to an activating group) is 2. The summed E-state index contributed by atoms with van der Waals surface area (Å²) in [6, 6.07) is -0.770. The molecule has 2 N–H and O–H groups in total. The van der Waals surface area contributed by atoms with Crippen molar-refractivity contribution in [2.75, 3.05) is 46.2 Å². The highest BCUT2D eigenvalue weighted by Gasteiger charge is 2.32. The van der Waals surface area contributed by atoms with Gasteiger partial charge in [-0.15, -0.1) is 0 Å². The number of thioether (sulfide) groups is 1. The van der Waals surface area contributed by atoms with Crippen molar-refractivity contribution in [3.05, 3.63) is 0 Å². The number of ketones is 1. The Bertz CT molecular complexity index is 460. The molecule has 0 aliphatic rings. The van der Waals surface area contributed by atoms with E-state index in [4.69, 9.17) is 0 Å². The maximum absolute atomic E-state index is 13.0. The van der Waals surface area contributed by atoms with Crippen LogP contribution in [0.25, 0.3) is 0 Å². The molecule has 0 aromatic carbocycles. The Morgan fingerprint density at radius 2 is 1.74 bits per heavy atom. The van der Waals surface area contributed by atoms with Crippen LogP contribution in [-0.4, -0.2) is 79.8 Å². The number of hydrogen-bond acceptors (Lipinski definition) is 6. The number of hydrazine groups is 1. The van der Waals surface area contributed by atoms with Crippen LogP contribution in [0.15, 0.2) is 0 Å². The van der Waals surface area contributed by atoms with Crippen molar-refractivity contribution in [3.63, 3.8) is 0 Å². The third-order valence-corrected chi connectivity index (χ3v) is 5.01. The van der Waals surface area contributed by atoms with Crippen molar-refractivity contribution in [2.24, 2.45) is 5.92 Å². The third-order valence-electron chi connectivity index (χ3n) is 4.31. The second-order valence-electron chi connectivity index (χ2n) is 7.13. The van der Waals surface area contributed by atoms with Gasteiger partial charge in [0.25, 0.3) is 5.91 Å². The average Bonchev–Trinajstić information content (AvgIpc) is 2.62. The molecule has 0 bridgehead atoms. The van der Waals surface area contributed by atoms with Crippen LogP contribution in [0.5, 0.6) is 0 Å². The number of carbonyl (C=O) groups excluding carboxylic acids is 3. The molecule has 8 heteroatoms. The first kappa shape index (κ1) is 25.9. The summed E-state index contributed by atoms with van der Waals surface area (Å²) in [6.45, 7) is 5.02. The Balaban J connectivity index is 5.16. The monoisotopic (exact) mass is 402 g/mol. The zero-order valence-corrected chi connectivity index (χ0v) is 18.7. The van der Waals surface area contributed by atoms with Gasteiger partial charge in [-0.3, -0.25) is 19.4 Å². The Morgan fingerprint density at radius 3 is 2.26 bits per heavy atom. The van der Waals surface area contributed by atoms with E-state index in [-0.39, 0.29) is 29.9 Å². The highest BCUT2D eigenvalue weighted by Crippen LogP contribution is 2.14. The van der Waals surface area contributed by atoms with Crippen LogP contribution in [0.2, 0.25) is 0 Å². The lowest BCUT2D eigenvalue weighted by Crippen LogP contribution is -2.54. The van der Waals surface area contributed by atoms with Crippen LogP contribution < -0.4 is 10.7 Å². The number of carbonyl (C=O) groups is 3. The fourth-order valence-electron chi connectivity index (χ4n) is 2.75. The average molecular weight is 403 g/mol. The summed E-state index contributed by atoms with van der Waals surface area (Å²) >= 11 is 1.76. The van der Waals surface area contributed by atoms with Crippen molar-refractivity contribution < 1.29 is 14.4 Å². The van der Waals surface area contributed by atoms with Crippen LogP contribution in [0.1, 0.15) is 46.0 Å². The third kappa shape index (κ3) is 10.7. The van der Waals surface area contributed by atoms with E-state index in [9.17, 15) is 14.4 Å². The zero-order valence-electron chi connectivity index (χ0n) is 17.8. The van der Waals surface area contributed by atoms with Gasteiger partial charge in [0, 0.05) is 46.4 Å². The minimum atomic E-state index is -0.770. The molecule has 0 fully saturated rings. The predicted octanol–water partition coefficient (Wildman–Crippen LogP) is 1.53. The lowest BCUT2D eigenvalue weighted by molar-refractivity contribution is -0.148. The number of unbranched alkanes of at least 4 members (excludes halogenated alkanes) is 1. The summed E-state index contributed by atoms with van der Waals surface area (Å²) in [7, 11) is 5.12. The molecule has 0 saturated carbocycles. The summed E-state index contributed by atoms with van der Waals surface area (Å²) in [5.41, 5.74) is 2.88. The highest BCUT2D eigenvalue weighted by atomic mass is 32.2. The smallest absolute Gasteiger partial charge is 0.259 e. The van der Waals surface area contributed by atoms with Crippen LogP contribution in [0, 0.1) is 5.92 Å². The lowest BCUT2D eigenvalue weighted by Gasteiger charge is -2.32. The Hall–Kier alpha value is -1.12. The van der Waals surface area contributed by atoms with Gasteiger partial charge in [0.1, 0.15) is 11.8 Å². The maximum atomic E-state index is 13.0. The molecule has 0 saturated heterocycles. The van der Waals surface area contributed by atoms with Gasteiger partial charge in [-0.2, -0.15) is 11.8 Å². The van der Waals surface area contributed by atoms with Crippen LogP contribution >= 0.6 is 11.8 Å². The van der Waals surface area contributed by atoms with Gasteiger partial charge in [0.05, 0.1) is 0 Å². The van der Waals surface area contributed by atoms with Crippen molar-refractivity contribution in [2.45, 2.75) is 52.0 Å². The van der Waals surface area contributed by atoms with Crippen molar-refractivity contribution in [1.82, 2.24) is 20.7 Å². The number of hydrogen-bond donors (Lipinski definition) is 2. The van der Waals surface area contributed by atoms with Gasteiger partial charge >= 0.3 is 0 Å². The van der Waals surface area contributed by atoms with E-state index in [1.807, 2.05) is 27.2 Å². The molecule has 2 amide bonds. The molecule has 0 aromatic rings. The number of rotatable bonds is 15. The standard InChI is InChI=1S/C19H38N4O3S/c1-15(2)13-16(24)14-17(19(26)23(21-4)11-10-20-3)22(5)18(25)9-7-8-12-27-6/h15,17,20-21H,7-14H2,1-6H3. The Labute approximate surface area is 169 Å². The fraction of sp³-hybridized carbons (Fsp3) is 0.842. The summed E-state index contributed by atoms with van der Waals surface area (Å²) in [5.74, 6) is 0.922. The quantitative estimate of drug-likeness (QED) is 0.319. The number of nitrogens with zero attached hydrogens (tertiary/aromatic N) is 2. The normalized spacial score (nSPS) is 12.1. The van der Waals surface area contributed by atoms with E-state index < -0.39 is 6.04 Å². The van der Waals surface area contributed by atoms with Crippen LogP contribution in [0.4, 0.5) is 0 Å². The number of Topliss-reactive ketones (excluding diaryl/α,β-unsaturated/α-hetero) is 1. The van der Waals surface area contributed by atoms with E-state index in [0.717, 1.165) is 18.6 Å². The Morgan fingerprint density at radius 1 is 1.07 bits per heavy atom. The minimum absolute atomic E-state index is 0.00931. The molecule has 0 aliphatic heterocycles. The van der Waals surface area contributed by atoms with Gasteiger partial charge < -0.3 is 10.2 Å². The maximum Gasteiger partial charge on any atom is 0.259 e. The molecule has 0 radical (unpaired) electrons. The molecule has 158 valence electrons. The summed E-state index contributed by atoms with van der Waals surface area (Å²) in [5, 5.41) is 4.48. The van der Waals surface area contributed by atoms with Crippen molar-refractivity contribution in [3.8, 4) is 0 Å². The molecule has 1 unspecified atom stereocenters. The largest absolute Gasteiger partial charge is 0.333 e. The van der Waals surface area contributed by atoms with Gasteiger partial charge in [-0.25, -0.2) is 5.43 Å². The van der Waals surface area contributed by atoms with Crippen molar-refractivity contribution in [1.29, 1.82) is 0 Å². The topological polar surface area (TPSA) is 81.8 Å². The van der Waals surface area contributed by atoms with Crippen molar-refractivity contribution >= 4 is 29.4 Å². The minimum Gasteiger partial charge on any atom is -0.333 e. The Kier molecular flexibility index (Phi) is 14.3. The van der Waals surface area contributed by atoms with E-state index in [1.165, 1.54) is 9.91 Å². The number of amides is 2. The van der Waals surface area contributed by atoms with E-state index in [2.05, 4.69) is 10.7 Å². The lowest BCUT2D eigenvalue weighted by atomic mass is 10.00. The first-order valence-corrected chi connectivity index (χ1v) is 11.1. The molecule has 0 rings (SSSR count). The molecular formula is C19H38N4O3S. The van der Waals surface area contributed by atoms with Gasteiger partial charge in [-0.1, -0.05) is 13.8 Å². The second-order valence-corrected chi connectivity index (χ2v) is 8.11. The second kappa shape index (κ2) is 14.9. The summed E-state index contributed by atoms with van der Waals surface area (Å²) in [6.07, 6.45) is 4.67. The zero-order chi connectivity index (χ0) is 20.8. The van der Waals surface area contributed by atoms with E-state index >= 15 is 0 Å². The molecule has 0 aliphatic carbocycles. The molecule has 27 heavy (non-hydrogen) atoms. The first-order chi connectivity index (χ1) is 12.8.